The number of carbonyl (C=O) groups is 1. The molecule has 0 aliphatic rings. The minimum absolute atomic E-state index is 0.131. The Hall–Kier alpha value is -0.900. The molecule has 0 bridgehead atoms. The molecule has 0 saturated heterocycles. The summed E-state index contributed by atoms with van der Waals surface area (Å²) in [6.07, 6.45) is 0.534. The molecular weight excluding hydrogens is 330 g/mol. The maximum atomic E-state index is 11.5. The molecule has 1 aromatic rings. The van der Waals surface area contributed by atoms with Gasteiger partial charge in [-0.2, -0.15) is 0 Å². The number of methoxy groups -OCH3 is 1. The zero-order valence-corrected chi connectivity index (χ0v) is 11.9. The van der Waals surface area contributed by atoms with Crippen LogP contribution in [0.15, 0.2) is 20.0 Å². The first-order valence-electron chi connectivity index (χ1n) is 4.84. The maximum Gasteiger partial charge on any atom is 0.374 e. The predicted octanol–water partition coefficient (Wildman–Crippen LogP) is 0.883. The van der Waals surface area contributed by atoms with Crippen molar-refractivity contribution >= 4 is 31.9 Å². The zero-order valence-electron chi connectivity index (χ0n) is 9.51. The lowest BCUT2D eigenvalue weighted by Crippen LogP contribution is -2.12. The van der Waals surface area contributed by atoms with Gasteiger partial charge in [-0.05, 0) is 15.9 Å². The van der Waals surface area contributed by atoms with Gasteiger partial charge in [0.1, 0.15) is 4.90 Å². The molecule has 7 nitrogen and oxygen atoms in total. The highest BCUT2D eigenvalue weighted by Gasteiger charge is 2.22. The number of halogens is 1. The third-order valence-corrected chi connectivity index (χ3v) is 3.66. The summed E-state index contributed by atoms with van der Waals surface area (Å²) in [5.74, 6) is -0.995. The van der Waals surface area contributed by atoms with Crippen LogP contribution in [0.5, 0.6) is 0 Å². The van der Waals surface area contributed by atoms with Gasteiger partial charge in [0.05, 0.1) is 6.61 Å². The molecule has 0 unspecified atom stereocenters. The van der Waals surface area contributed by atoms with Crippen molar-refractivity contribution in [2.24, 2.45) is 5.14 Å². The van der Waals surface area contributed by atoms with Crippen molar-refractivity contribution in [3.63, 3.8) is 0 Å². The maximum absolute atomic E-state index is 11.5. The Morgan fingerprint density at radius 2 is 2.17 bits per heavy atom. The molecule has 0 aliphatic carbocycles. The molecule has 1 heterocycles. The van der Waals surface area contributed by atoms with Crippen LogP contribution in [-0.4, -0.2) is 34.7 Å². The monoisotopic (exact) mass is 341 g/mol. The molecule has 102 valence electrons. The smallest absolute Gasteiger partial charge is 0.374 e. The summed E-state index contributed by atoms with van der Waals surface area (Å²) in [5.41, 5.74) is 0. The van der Waals surface area contributed by atoms with Crippen LogP contribution in [0.2, 0.25) is 0 Å². The number of hydrogen-bond donors (Lipinski definition) is 1. The van der Waals surface area contributed by atoms with E-state index in [1.54, 1.807) is 0 Å². The number of sulfonamides is 1. The van der Waals surface area contributed by atoms with Gasteiger partial charge in [-0.3, -0.25) is 0 Å². The molecule has 18 heavy (non-hydrogen) atoms. The second kappa shape index (κ2) is 6.32. The lowest BCUT2D eigenvalue weighted by molar-refractivity contribution is 0.0431. The topological polar surface area (TPSA) is 109 Å². The Morgan fingerprint density at radius 1 is 1.50 bits per heavy atom. The van der Waals surface area contributed by atoms with Crippen LogP contribution in [0.3, 0.4) is 0 Å². The number of furan rings is 1. The Kier molecular flexibility index (Phi) is 5.32. The van der Waals surface area contributed by atoms with Crippen LogP contribution in [0.1, 0.15) is 17.0 Å². The average molecular weight is 342 g/mol. The molecule has 1 rings (SSSR count). The van der Waals surface area contributed by atoms with Gasteiger partial charge in [0.25, 0.3) is 0 Å². The predicted molar refractivity (Wildman–Crippen MR) is 64.6 cm³/mol. The molecule has 0 aliphatic heterocycles. The van der Waals surface area contributed by atoms with Crippen LogP contribution in [0, 0.1) is 0 Å². The summed E-state index contributed by atoms with van der Waals surface area (Å²) in [7, 11) is -2.41. The quantitative estimate of drug-likeness (QED) is 0.607. The van der Waals surface area contributed by atoms with Crippen LogP contribution >= 0.6 is 15.9 Å². The Labute approximate surface area is 112 Å². The highest BCUT2D eigenvalue weighted by molar-refractivity contribution is 9.10. The largest absolute Gasteiger partial charge is 0.460 e. The molecule has 9 heteroatoms. The summed E-state index contributed by atoms with van der Waals surface area (Å²) < 4.78 is 36.6. The fraction of sp³-hybridized carbons (Fsp3) is 0.444. The van der Waals surface area contributed by atoms with E-state index in [1.807, 2.05) is 0 Å². The second-order valence-electron chi connectivity index (χ2n) is 3.28. The summed E-state index contributed by atoms with van der Waals surface area (Å²) >= 11 is 2.86. The van der Waals surface area contributed by atoms with Gasteiger partial charge >= 0.3 is 5.97 Å². The van der Waals surface area contributed by atoms with Crippen LogP contribution < -0.4 is 5.14 Å². The highest BCUT2D eigenvalue weighted by Crippen LogP contribution is 2.25. The first-order valence-corrected chi connectivity index (χ1v) is 7.18. The van der Waals surface area contributed by atoms with Crippen molar-refractivity contribution < 1.29 is 27.1 Å². The molecule has 0 radical (unpaired) electrons. The number of esters is 1. The van der Waals surface area contributed by atoms with E-state index in [0.29, 0.717) is 13.0 Å². The standard InChI is InChI=1S/C9H12BrNO6S/c1-15-3-2-4-16-9(12)6-5-7(8(10)17-6)18(11,13)14/h5H,2-4H2,1H3,(H2,11,13,14). The minimum Gasteiger partial charge on any atom is -0.460 e. The van der Waals surface area contributed by atoms with Gasteiger partial charge in [0, 0.05) is 26.2 Å². The molecule has 2 N–H and O–H groups in total. The fourth-order valence-electron chi connectivity index (χ4n) is 1.09. The Bertz CT molecular complexity index is 523. The van der Waals surface area contributed by atoms with E-state index in [0.717, 1.165) is 6.07 Å². The lowest BCUT2D eigenvalue weighted by Gasteiger charge is -2.01. The second-order valence-corrected chi connectivity index (χ2v) is 5.53. The molecule has 0 amide bonds. The fourth-order valence-corrected chi connectivity index (χ4v) is 2.59. The number of rotatable bonds is 6. The van der Waals surface area contributed by atoms with E-state index in [9.17, 15) is 13.2 Å². The number of primary sulfonamides is 1. The normalized spacial score (nSPS) is 11.5. The van der Waals surface area contributed by atoms with E-state index < -0.39 is 16.0 Å². The zero-order chi connectivity index (χ0) is 13.8. The summed E-state index contributed by atoms with van der Waals surface area (Å²) in [6.45, 7) is 0.604. The van der Waals surface area contributed by atoms with E-state index >= 15 is 0 Å². The molecule has 0 aromatic carbocycles. The Morgan fingerprint density at radius 3 is 2.67 bits per heavy atom. The van der Waals surface area contributed by atoms with E-state index in [-0.39, 0.29) is 21.9 Å². The molecule has 0 saturated carbocycles. The third kappa shape index (κ3) is 4.09. The van der Waals surface area contributed by atoms with Crippen molar-refractivity contribution in [1.82, 2.24) is 0 Å². The van der Waals surface area contributed by atoms with Crippen molar-refractivity contribution in [2.75, 3.05) is 20.3 Å². The van der Waals surface area contributed by atoms with Crippen molar-refractivity contribution in [3.05, 3.63) is 16.5 Å². The van der Waals surface area contributed by atoms with Crippen LogP contribution in [-0.2, 0) is 19.5 Å². The van der Waals surface area contributed by atoms with Crippen molar-refractivity contribution in [3.8, 4) is 0 Å². The van der Waals surface area contributed by atoms with Crippen LogP contribution in [0.25, 0.3) is 0 Å². The Balaban J connectivity index is 2.71. The van der Waals surface area contributed by atoms with Crippen molar-refractivity contribution in [1.29, 1.82) is 0 Å². The summed E-state index contributed by atoms with van der Waals surface area (Å²) in [6, 6.07) is 1.01. The minimum atomic E-state index is -3.94. The number of carbonyl (C=O) groups excluding carboxylic acids is 1. The van der Waals surface area contributed by atoms with E-state index in [2.05, 4.69) is 15.9 Å². The first-order chi connectivity index (χ1) is 8.36. The van der Waals surface area contributed by atoms with E-state index in [1.165, 1.54) is 7.11 Å². The van der Waals surface area contributed by atoms with Gasteiger partial charge in [-0.15, -0.1) is 0 Å². The van der Waals surface area contributed by atoms with Gasteiger partial charge < -0.3 is 13.9 Å². The molecule has 0 atom stereocenters. The molecule has 0 fully saturated rings. The number of hydrogen-bond acceptors (Lipinski definition) is 6. The molecular formula is C9H12BrNO6S. The summed E-state index contributed by atoms with van der Waals surface area (Å²) in [4.78, 5) is 11.2. The number of ether oxygens (including phenoxy) is 2. The first kappa shape index (κ1) is 15.2. The molecule has 1 aromatic heterocycles. The van der Waals surface area contributed by atoms with E-state index in [4.69, 9.17) is 19.0 Å². The highest BCUT2D eigenvalue weighted by atomic mass is 79.9. The van der Waals surface area contributed by atoms with Gasteiger partial charge in [0.2, 0.25) is 15.8 Å². The lowest BCUT2D eigenvalue weighted by atomic mass is 10.4. The molecule has 0 spiro atoms. The van der Waals surface area contributed by atoms with Gasteiger partial charge in [-0.1, -0.05) is 0 Å². The van der Waals surface area contributed by atoms with Crippen LogP contribution in [0.4, 0.5) is 0 Å². The SMILES string of the molecule is COCCCOC(=O)c1cc(S(N)(=O)=O)c(Br)o1. The average Bonchev–Trinajstić information content (AvgIpc) is 2.66. The number of nitrogens with two attached hydrogens (primary N) is 1. The third-order valence-electron chi connectivity index (χ3n) is 1.89. The summed E-state index contributed by atoms with van der Waals surface area (Å²) in [5, 5.41) is 4.92. The van der Waals surface area contributed by atoms with Crippen molar-refractivity contribution in [2.45, 2.75) is 11.3 Å². The van der Waals surface area contributed by atoms with Gasteiger partial charge in [-0.25, -0.2) is 18.4 Å². The van der Waals surface area contributed by atoms with Gasteiger partial charge in [0.15, 0.2) is 4.67 Å².